The highest BCUT2D eigenvalue weighted by molar-refractivity contribution is 5.73. The quantitative estimate of drug-likeness (QED) is 0.901. The van der Waals surface area contributed by atoms with Gasteiger partial charge in [0.1, 0.15) is 6.54 Å². The van der Waals surface area contributed by atoms with Gasteiger partial charge in [-0.3, -0.25) is 4.79 Å². The van der Waals surface area contributed by atoms with Crippen LogP contribution in [0.25, 0.3) is 0 Å². The molecule has 4 nitrogen and oxygen atoms in total. The maximum atomic E-state index is 12.7. The second kappa shape index (κ2) is 4.96. The lowest BCUT2D eigenvalue weighted by Crippen LogP contribution is -2.25. The summed E-state index contributed by atoms with van der Waals surface area (Å²) in [6, 6.07) is 4.52. The number of alkyl halides is 3. The van der Waals surface area contributed by atoms with Gasteiger partial charge < -0.3 is 10.0 Å². The smallest absolute Gasteiger partial charge is 0.417 e. The molecule has 0 heterocycles. The zero-order valence-corrected chi connectivity index (χ0v) is 9.32. The highest BCUT2D eigenvalue weighted by Crippen LogP contribution is 2.34. The van der Waals surface area contributed by atoms with Gasteiger partial charge in [0, 0.05) is 12.7 Å². The first-order valence-electron chi connectivity index (χ1n) is 4.80. The van der Waals surface area contributed by atoms with E-state index in [1.807, 2.05) is 0 Å². The summed E-state index contributed by atoms with van der Waals surface area (Å²) in [6.07, 6.45) is -4.65. The molecule has 18 heavy (non-hydrogen) atoms. The minimum absolute atomic E-state index is 0.0868. The predicted molar refractivity (Wildman–Crippen MR) is 57.1 cm³/mol. The zero-order valence-electron chi connectivity index (χ0n) is 9.32. The van der Waals surface area contributed by atoms with Crippen molar-refractivity contribution in [3.63, 3.8) is 0 Å². The molecule has 0 aromatic heterocycles. The Labute approximate surface area is 101 Å². The second-order valence-electron chi connectivity index (χ2n) is 3.59. The summed E-state index contributed by atoms with van der Waals surface area (Å²) in [7, 11) is 1.36. The molecule has 0 spiro atoms. The van der Waals surface area contributed by atoms with E-state index in [0.717, 1.165) is 17.0 Å². The molecule has 0 amide bonds. The summed E-state index contributed by atoms with van der Waals surface area (Å²) >= 11 is 0. The Bertz CT molecular complexity index is 506. The van der Waals surface area contributed by atoms with E-state index >= 15 is 0 Å². The van der Waals surface area contributed by atoms with Crippen LogP contribution in [-0.4, -0.2) is 24.7 Å². The monoisotopic (exact) mass is 258 g/mol. The molecule has 1 N–H and O–H groups in total. The van der Waals surface area contributed by atoms with Gasteiger partial charge in [-0.1, -0.05) is 0 Å². The highest BCUT2D eigenvalue weighted by atomic mass is 19.4. The topological polar surface area (TPSA) is 64.3 Å². The van der Waals surface area contributed by atoms with Crippen LogP contribution in [0.1, 0.15) is 11.1 Å². The fraction of sp³-hybridized carbons (Fsp3) is 0.273. The first-order valence-corrected chi connectivity index (χ1v) is 4.80. The van der Waals surface area contributed by atoms with E-state index in [0.29, 0.717) is 0 Å². The van der Waals surface area contributed by atoms with Gasteiger partial charge in [0.15, 0.2) is 0 Å². The molecule has 0 aliphatic carbocycles. The van der Waals surface area contributed by atoms with Crippen molar-refractivity contribution in [2.45, 2.75) is 6.18 Å². The van der Waals surface area contributed by atoms with Crippen LogP contribution in [-0.2, 0) is 11.0 Å². The lowest BCUT2D eigenvalue weighted by molar-refractivity contribution is -0.137. The SMILES string of the molecule is CN(CC(=O)O)c1ccc(C#N)c(C(F)(F)F)c1. The third-order valence-corrected chi connectivity index (χ3v) is 2.24. The van der Waals surface area contributed by atoms with Crippen LogP contribution < -0.4 is 4.90 Å². The minimum atomic E-state index is -4.65. The van der Waals surface area contributed by atoms with Crippen molar-refractivity contribution in [1.82, 2.24) is 0 Å². The normalized spacial score (nSPS) is 10.8. The molecule has 0 bridgehead atoms. The Hall–Kier alpha value is -2.23. The standard InChI is InChI=1S/C11H9F3N2O2/c1-16(6-10(17)18)8-3-2-7(5-15)9(4-8)11(12,13)14/h2-4H,6H2,1H3,(H,17,18). The molecule has 0 unspecified atom stereocenters. The van der Waals surface area contributed by atoms with E-state index in [1.165, 1.54) is 19.2 Å². The number of carboxylic acid groups (broad SMARTS) is 1. The van der Waals surface area contributed by atoms with Gasteiger partial charge in [0.05, 0.1) is 17.2 Å². The van der Waals surface area contributed by atoms with E-state index in [1.54, 1.807) is 0 Å². The second-order valence-corrected chi connectivity index (χ2v) is 3.59. The molecule has 0 saturated carbocycles. The molecule has 1 aromatic carbocycles. The lowest BCUT2D eigenvalue weighted by Gasteiger charge is -2.19. The molecule has 1 aromatic rings. The molecule has 1 rings (SSSR count). The first-order chi connectivity index (χ1) is 8.25. The zero-order chi connectivity index (χ0) is 13.9. The van der Waals surface area contributed by atoms with Crippen LogP contribution in [0.5, 0.6) is 0 Å². The number of rotatable bonds is 3. The van der Waals surface area contributed by atoms with Gasteiger partial charge in [-0.2, -0.15) is 18.4 Å². The molecular weight excluding hydrogens is 249 g/mol. The molecule has 0 fully saturated rings. The first kappa shape index (κ1) is 13.8. The maximum absolute atomic E-state index is 12.7. The Morgan fingerprint density at radius 2 is 2.11 bits per heavy atom. The van der Waals surface area contributed by atoms with E-state index in [4.69, 9.17) is 10.4 Å². The number of halogens is 3. The number of hydrogen-bond acceptors (Lipinski definition) is 3. The Morgan fingerprint density at radius 3 is 2.56 bits per heavy atom. The number of nitrogens with zero attached hydrogens (tertiary/aromatic N) is 2. The van der Waals surface area contributed by atoms with Gasteiger partial charge in [-0.05, 0) is 18.2 Å². The number of aliphatic carboxylic acids is 1. The van der Waals surface area contributed by atoms with Crippen LogP contribution in [0.4, 0.5) is 18.9 Å². The summed E-state index contributed by atoms with van der Waals surface area (Å²) in [5.74, 6) is -1.16. The molecule has 96 valence electrons. The molecule has 0 radical (unpaired) electrons. The third kappa shape index (κ3) is 3.13. The summed E-state index contributed by atoms with van der Waals surface area (Å²) in [4.78, 5) is 11.6. The summed E-state index contributed by atoms with van der Waals surface area (Å²) in [5.41, 5.74) is -1.47. The van der Waals surface area contributed by atoms with Crippen molar-refractivity contribution in [1.29, 1.82) is 5.26 Å². The van der Waals surface area contributed by atoms with Gasteiger partial charge in [0.2, 0.25) is 0 Å². The van der Waals surface area contributed by atoms with Crippen LogP contribution in [0.2, 0.25) is 0 Å². The number of nitriles is 1. The number of benzene rings is 1. The Kier molecular flexibility index (Phi) is 3.81. The average molecular weight is 258 g/mol. The molecular formula is C11H9F3N2O2. The van der Waals surface area contributed by atoms with E-state index in [-0.39, 0.29) is 5.69 Å². The van der Waals surface area contributed by atoms with Crippen LogP contribution in [0.15, 0.2) is 18.2 Å². The van der Waals surface area contributed by atoms with Crippen LogP contribution >= 0.6 is 0 Å². The summed E-state index contributed by atoms with van der Waals surface area (Å²) in [6.45, 7) is -0.427. The molecule has 7 heteroatoms. The molecule has 0 aliphatic rings. The average Bonchev–Trinajstić information content (AvgIpc) is 2.26. The van der Waals surface area contributed by atoms with Gasteiger partial charge in [-0.15, -0.1) is 0 Å². The van der Waals surface area contributed by atoms with E-state index in [2.05, 4.69) is 0 Å². The molecule has 0 saturated heterocycles. The Morgan fingerprint density at radius 1 is 1.50 bits per heavy atom. The number of carboxylic acids is 1. The van der Waals surface area contributed by atoms with E-state index < -0.39 is 29.8 Å². The van der Waals surface area contributed by atoms with Crippen molar-refractivity contribution in [2.24, 2.45) is 0 Å². The maximum Gasteiger partial charge on any atom is 0.417 e. The van der Waals surface area contributed by atoms with Crippen molar-refractivity contribution >= 4 is 11.7 Å². The number of anilines is 1. The lowest BCUT2D eigenvalue weighted by atomic mass is 10.1. The van der Waals surface area contributed by atoms with Crippen molar-refractivity contribution in [2.75, 3.05) is 18.5 Å². The summed E-state index contributed by atoms with van der Waals surface area (Å²) < 4.78 is 38.0. The van der Waals surface area contributed by atoms with Gasteiger partial charge in [0.25, 0.3) is 0 Å². The summed E-state index contributed by atoms with van der Waals surface area (Å²) in [5, 5.41) is 17.2. The van der Waals surface area contributed by atoms with Gasteiger partial charge in [-0.25, -0.2) is 0 Å². The Balaban J connectivity index is 3.19. The number of carbonyl (C=O) groups is 1. The van der Waals surface area contributed by atoms with Crippen molar-refractivity contribution in [3.05, 3.63) is 29.3 Å². The number of likely N-dealkylation sites (N-methyl/N-ethyl adjacent to an activating group) is 1. The minimum Gasteiger partial charge on any atom is -0.480 e. The highest BCUT2D eigenvalue weighted by Gasteiger charge is 2.34. The number of hydrogen-bond donors (Lipinski definition) is 1. The van der Waals surface area contributed by atoms with Gasteiger partial charge >= 0.3 is 12.1 Å². The molecule has 0 aliphatic heterocycles. The predicted octanol–water partition coefficient (Wildman–Crippen LogP) is 2.10. The fourth-order valence-electron chi connectivity index (χ4n) is 1.40. The van der Waals surface area contributed by atoms with Crippen molar-refractivity contribution in [3.8, 4) is 6.07 Å². The third-order valence-electron chi connectivity index (χ3n) is 2.24. The van der Waals surface area contributed by atoms with Crippen LogP contribution in [0.3, 0.4) is 0 Å². The largest absolute Gasteiger partial charge is 0.480 e. The van der Waals surface area contributed by atoms with Crippen molar-refractivity contribution < 1.29 is 23.1 Å². The van der Waals surface area contributed by atoms with Crippen LogP contribution in [0, 0.1) is 11.3 Å². The molecule has 0 atom stereocenters. The fourth-order valence-corrected chi connectivity index (χ4v) is 1.40. The van der Waals surface area contributed by atoms with E-state index in [9.17, 15) is 18.0 Å².